The first kappa shape index (κ1) is 13.0. The van der Waals surface area contributed by atoms with Crippen molar-refractivity contribution in [3.05, 3.63) is 28.2 Å². The number of halogens is 1. The summed E-state index contributed by atoms with van der Waals surface area (Å²) in [6.45, 7) is 3.82. The zero-order valence-electron chi connectivity index (χ0n) is 9.20. The maximum atomic E-state index is 8.90. The molecule has 0 atom stereocenters. The zero-order valence-corrected chi connectivity index (χ0v) is 10.8. The number of hydrogen-bond acceptors (Lipinski definition) is 3. The van der Waals surface area contributed by atoms with Crippen LogP contribution in [0.15, 0.2) is 22.7 Å². The highest BCUT2D eigenvalue weighted by Gasteiger charge is 2.03. The molecule has 0 N–H and O–H groups in total. The lowest BCUT2D eigenvalue weighted by Crippen LogP contribution is -2.07. The van der Waals surface area contributed by atoms with Crippen LogP contribution < -0.4 is 4.74 Å². The zero-order chi connectivity index (χ0) is 11.8. The summed E-state index contributed by atoms with van der Waals surface area (Å²) in [5.41, 5.74) is 0.532. The standard InChI is InChI=1S/C12H14BrNO2/c1-2-5-15-6-7-16-12-4-3-11(13)8-10(12)9-14/h3-4,8H,2,5-7H2,1H3. The minimum atomic E-state index is 0.469. The van der Waals surface area contributed by atoms with Gasteiger partial charge >= 0.3 is 0 Å². The largest absolute Gasteiger partial charge is 0.490 e. The van der Waals surface area contributed by atoms with Crippen molar-refractivity contribution in [1.82, 2.24) is 0 Å². The van der Waals surface area contributed by atoms with Gasteiger partial charge in [0, 0.05) is 11.1 Å². The average molecular weight is 284 g/mol. The minimum Gasteiger partial charge on any atom is -0.490 e. The summed E-state index contributed by atoms with van der Waals surface area (Å²) in [4.78, 5) is 0. The predicted octanol–water partition coefficient (Wildman–Crippen LogP) is 3.13. The van der Waals surface area contributed by atoms with Crippen LogP contribution in [0.2, 0.25) is 0 Å². The monoisotopic (exact) mass is 283 g/mol. The molecule has 1 rings (SSSR count). The van der Waals surface area contributed by atoms with Crippen LogP contribution in [0.3, 0.4) is 0 Å². The Kier molecular flexibility index (Phi) is 5.91. The second-order valence-corrected chi connectivity index (χ2v) is 4.13. The van der Waals surface area contributed by atoms with Crippen LogP contribution in [0, 0.1) is 11.3 Å². The molecule has 0 aromatic heterocycles. The Morgan fingerprint density at radius 1 is 1.31 bits per heavy atom. The molecule has 0 fully saturated rings. The maximum absolute atomic E-state index is 8.90. The molecule has 0 radical (unpaired) electrons. The lowest BCUT2D eigenvalue weighted by Gasteiger charge is -2.08. The molecule has 1 aromatic rings. The second kappa shape index (κ2) is 7.26. The topological polar surface area (TPSA) is 42.2 Å². The third-order valence-corrected chi connectivity index (χ3v) is 2.39. The Hall–Kier alpha value is -1.05. The normalized spacial score (nSPS) is 9.81. The summed E-state index contributed by atoms with van der Waals surface area (Å²) in [6.07, 6.45) is 1.00. The van der Waals surface area contributed by atoms with E-state index in [0.29, 0.717) is 24.5 Å². The smallest absolute Gasteiger partial charge is 0.137 e. The highest BCUT2D eigenvalue weighted by atomic mass is 79.9. The number of hydrogen-bond donors (Lipinski definition) is 0. The van der Waals surface area contributed by atoms with Crippen LogP contribution in [0.4, 0.5) is 0 Å². The van der Waals surface area contributed by atoms with Crippen molar-refractivity contribution in [3.63, 3.8) is 0 Å². The Labute approximate surface area is 104 Å². The van der Waals surface area contributed by atoms with E-state index in [-0.39, 0.29) is 0 Å². The van der Waals surface area contributed by atoms with E-state index in [1.54, 1.807) is 12.1 Å². The van der Waals surface area contributed by atoms with E-state index in [0.717, 1.165) is 17.5 Å². The van der Waals surface area contributed by atoms with Crippen molar-refractivity contribution in [2.75, 3.05) is 19.8 Å². The molecule has 0 saturated carbocycles. The summed E-state index contributed by atoms with van der Waals surface area (Å²) in [5, 5.41) is 8.90. The Balaban J connectivity index is 2.45. The highest BCUT2D eigenvalue weighted by molar-refractivity contribution is 9.10. The van der Waals surface area contributed by atoms with Gasteiger partial charge in [-0.05, 0) is 24.6 Å². The van der Waals surface area contributed by atoms with Gasteiger partial charge in [-0.25, -0.2) is 0 Å². The Morgan fingerprint density at radius 2 is 2.12 bits per heavy atom. The molecule has 0 aliphatic heterocycles. The van der Waals surface area contributed by atoms with Gasteiger partial charge in [-0.1, -0.05) is 22.9 Å². The SMILES string of the molecule is CCCOCCOc1ccc(Br)cc1C#N. The van der Waals surface area contributed by atoms with Gasteiger partial charge in [0.1, 0.15) is 18.4 Å². The molecule has 0 amide bonds. The molecule has 0 spiro atoms. The fourth-order valence-electron chi connectivity index (χ4n) is 1.17. The lowest BCUT2D eigenvalue weighted by atomic mass is 10.2. The molecule has 0 aliphatic rings. The van der Waals surface area contributed by atoms with E-state index in [2.05, 4.69) is 28.9 Å². The third-order valence-electron chi connectivity index (χ3n) is 1.90. The molecule has 0 aliphatic carbocycles. The van der Waals surface area contributed by atoms with E-state index in [1.807, 2.05) is 6.07 Å². The van der Waals surface area contributed by atoms with E-state index in [4.69, 9.17) is 14.7 Å². The van der Waals surface area contributed by atoms with E-state index < -0.39 is 0 Å². The first-order chi connectivity index (χ1) is 7.77. The van der Waals surface area contributed by atoms with Crippen molar-refractivity contribution in [1.29, 1.82) is 5.26 Å². The maximum Gasteiger partial charge on any atom is 0.137 e. The number of benzene rings is 1. The molecule has 0 heterocycles. The molecule has 0 bridgehead atoms. The van der Waals surface area contributed by atoms with Crippen LogP contribution in [-0.4, -0.2) is 19.8 Å². The van der Waals surface area contributed by atoms with Gasteiger partial charge in [-0.2, -0.15) is 5.26 Å². The van der Waals surface area contributed by atoms with E-state index in [1.165, 1.54) is 0 Å². The second-order valence-electron chi connectivity index (χ2n) is 3.21. The Bertz CT molecular complexity index is 374. The van der Waals surface area contributed by atoms with Crippen LogP contribution in [0.1, 0.15) is 18.9 Å². The molecule has 16 heavy (non-hydrogen) atoms. The van der Waals surface area contributed by atoms with Crippen molar-refractivity contribution in [3.8, 4) is 11.8 Å². The van der Waals surface area contributed by atoms with Gasteiger partial charge in [-0.3, -0.25) is 0 Å². The Morgan fingerprint density at radius 3 is 2.81 bits per heavy atom. The van der Waals surface area contributed by atoms with Crippen molar-refractivity contribution < 1.29 is 9.47 Å². The van der Waals surface area contributed by atoms with Gasteiger partial charge in [0.25, 0.3) is 0 Å². The average Bonchev–Trinajstić information content (AvgIpc) is 2.30. The van der Waals surface area contributed by atoms with Crippen molar-refractivity contribution in [2.24, 2.45) is 0 Å². The highest BCUT2D eigenvalue weighted by Crippen LogP contribution is 2.22. The van der Waals surface area contributed by atoms with Crippen molar-refractivity contribution in [2.45, 2.75) is 13.3 Å². The van der Waals surface area contributed by atoms with E-state index >= 15 is 0 Å². The van der Waals surface area contributed by atoms with E-state index in [9.17, 15) is 0 Å². The van der Waals surface area contributed by atoms with Crippen LogP contribution in [0.5, 0.6) is 5.75 Å². The van der Waals surface area contributed by atoms with Crippen LogP contribution in [0.25, 0.3) is 0 Å². The van der Waals surface area contributed by atoms with Crippen LogP contribution >= 0.6 is 15.9 Å². The first-order valence-corrected chi connectivity index (χ1v) is 5.97. The number of ether oxygens (including phenoxy) is 2. The summed E-state index contributed by atoms with van der Waals surface area (Å²) < 4.78 is 11.6. The number of nitriles is 1. The summed E-state index contributed by atoms with van der Waals surface area (Å²) in [7, 11) is 0. The fraction of sp³-hybridized carbons (Fsp3) is 0.417. The van der Waals surface area contributed by atoms with Crippen molar-refractivity contribution >= 4 is 15.9 Å². The quantitative estimate of drug-likeness (QED) is 0.754. The lowest BCUT2D eigenvalue weighted by molar-refractivity contribution is 0.100. The van der Waals surface area contributed by atoms with Crippen LogP contribution in [-0.2, 0) is 4.74 Å². The molecule has 0 saturated heterocycles. The molecule has 3 nitrogen and oxygen atoms in total. The van der Waals surface area contributed by atoms with Gasteiger partial charge in [0.2, 0.25) is 0 Å². The van der Waals surface area contributed by atoms with Gasteiger partial charge in [0.15, 0.2) is 0 Å². The van der Waals surface area contributed by atoms with Gasteiger partial charge in [-0.15, -0.1) is 0 Å². The third kappa shape index (κ3) is 4.21. The molecule has 1 aromatic carbocycles. The van der Waals surface area contributed by atoms with Gasteiger partial charge in [0.05, 0.1) is 12.2 Å². The molecule has 0 unspecified atom stereocenters. The molecule has 4 heteroatoms. The minimum absolute atomic E-state index is 0.469. The number of rotatable bonds is 6. The molecular formula is C12H14BrNO2. The van der Waals surface area contributed by atoms with Gasteiger partial charge < -0.3 is 9.47 Å². The summed E-state index contributed by atoms with van der Waals surface area (Å²) >= 11 is 3.31. The predicted molar refractivity (Wildman–Crippen MR) is 65.5 cm³/mol. The molecular weight excluding hydrogens is 270 g/mol. The summed E-state index contributed by atoms with van der Waals surface area (Å²) in [5.74, 6) is 0.603. The summed E-state index contributed by atoms with van der Waals surface area (Å²) in [6, 6.07) is 7.46. The fourth-order valence-corrected chi connectivity index (χ4v) is 1.53. The molecule has 86 valence electrons. The first-order valence-electron chi connectivity index (χ1n) is 5.18. The number of nitrogens with zero attached hydrogens (tertiary/aromatic N) is 1.